The van der Waals surface area contributed by atoms with Crippen molar-refractivity contribution in [3.8, 4) is 5.82 Å². The summed E-state index contributed by atoms with van der Waals surface area (Å²) in [5, 5.41) is 8.86. The van der Waals surface area contributed by atoms with Crippen molar-refractivity contribution < 1.29 is 18.3 Å². The number of nitrogens with two attached hydrogens (primary N) is 1. The van der Waals surface area contributed by atoms with Gasteiger partial charge in [0.1, 0.15) is 0 Å². The third-order valence-corrected chi connectivity index (χ3v) is 3.19. The number of nitrogens with zero attached hydrogens (tertiary/aromatic N) is 2. The Morgan fingerprint density at radius 3 is 2.64 bits per heavy atom. The third-order valence-electron chi connectivity index (χ3n) is 2.92. The van der Waals surface area contributed by atoms with E-state index < -0.39 is 17.8 Å². The lowest BCUT2D eigenvalue weighted by Crippen LogP contribution is -2.27. The lowest BCUT2D eigenvalue weighted by molar-refractivity contribution is -0.137. The molecule has 1 unspecified atom stereocenters. The molecule has 2 aromatic rings. The van der Waals surface area contributed by atoms with Crippen LogP contribution in [0.3, 0.4) is 0 Å². The summed E-state index contributed by atoms with van der Waals surface area (Å²) in [6.45, 7) is -0.195. The molecule has 0 spiro atoms. The van der Waals surface area contributed by atoms with Gasteiger partial charge in [0.15, 0.2) is 5.82 Å². The molecule has 0 saturated heterocycles. The van der Waals surface area contributed by atoms with Gasteiger partial charge in [0.05, 0.1) is 17.2 Å². The van der Waals surface area contributed by atoms with Crippen LogP contribution in [0.25, 0.3) is 5.82 Å². The Labute approximate surface area is 136 Å². The first-order valence-corrected chi connectivity index (χ1v) is 6.46. The number of aromatic nitrogens is 2. The number of aliphatic hydroxyl groups is 1. The van der Waals surface area contributed by atoms with Gasteiger partial charge in [-0.05, 0) is 18.2 Å². The molecule has 22 heavy (non-hydrogen) atoms. The van der Waals surface area contributed by atoms with E-state index in [1.807, 2.05) is 0 Å². The molecule has 122 valence electrons. The highest BCUT2D eigenvalue weighted by atomic mass is 35.5. The molecule has 0 amide bonds. The van der Waals surface area contributed by atoms with E-state index >= 15 is 0 Å². The molecule has 0 radical (unpaired) electrons. The fourth-order valence-corrected chi connectivity index (χ4v) is 2.14. The van der Waals surface area contributed by atoms with Gasteiger partial charge in [-0.15, -0.1) is 12.4 Å². The molecular formula is C13H14Cl2F3N3O. The normalized spacial score (nSPS) is 12.8. The first-order valence-electron chi connectivity index (χ1n) is 6.08. The van der Waals surface area contributed by atoms with Crippen LogP contribution in [0, 0.1) is 0 Å². The minimum absolute atomic E-state index is 0. The third kappa shape index (κ3) is 4.13. The Hall–Kier alpha value is -1.28. The molecule has 3 N–H and O–H groups in total. The lowest BCUT2D eigenvalue weighted by atomic mass is 10.2. The summed E-state index contributed by atoms with van der Waals surface area (Å²) in [6.07, 6.45) is -1.78. The van der Waals surface area contributed by atoms with Crippen LogP contribution in [0.2, 0.25) is 5.02 Å². The predicted octanol–water partition coefficient (Wildman–Crippen LogP) is 2.83. The number of alkyl halides is 3. The van der Waals surface area contributed by atoms with Gasteiger partial charge in [0.25, 0.3) is 0 Å². The van der Waals surface area contributed by atoms with Crippen molar-refractivity contribution in [2.75, 3.05) is 6.61 Å². The molecule has 0 aromatic carbocycles. The molecule has 0 aliphatic rings. The Bertz CT molecular complexity index is 631. The van der Waals surface area contributed by atoms with Gasteiger partial charge in [-0.1, -0.05) is 11.6 Å². The standard InChI is InChI=1S/C13H13ClF3N3O.ClH/c14-11-4-8(13(15,16)17)6-19-12(11)20-3-1-2-10(20)5-9(18)7-21;/h1-4,6,9,21H,5,7,18H2;1H. The summed E-state index contributed by atoms with van der Waals surface area (Å²) in [4.78, 5) is 3.79. The second-order valence-electron chi connectivity index (χ2n) is 4.54. The zero-order chi connectivity index (χ0) is 15.6. The number of halogens is 5. The quantitative estimate of drug-likeness (QED) is 0.886. The van der Waals surface area contributed by atoms with Crippen molar-refractivity contribution in [1.82, 2.24) is 9.55 Å². The van der Waals surface area contributed by atoms with Crippen LogP contribution in [0.4, 0.5) is 13.2 Å². The molecule has 1 atom stereocenters. The van der Waals surface area contributed by atoms with Crippen molar-refractivity contribution in [2.45, 2.75) is 18.6 Å². The predicted molar refractivity (Wildman–Crippen MR) is 79.6 cm³/mol. The van der Waals surface area contributed by atoms with Crippen LogP contribution in [-0.4, -0.2) is 27.3 Å². The van der Waals surface area contributed by atoms with E-state index in [1.54, 1.807) is 22.9 Å². The fraction of sp³-hybridized carbons (Fsp3) is 0.308. The Morgan fingerprint density at radius 2 is 2.09 bits per heavy atom. The number of rotatable bonds is 4. The highest BCUT2D eigenvalue weighted by Gasteiger charge is 2.31. The largest absolute Gasteiger partial charge is 0.417 e. The van der Waals surface area contributed by atoms with Crippen LogP contribution >= 0.6 is 24.0 Å². The summed E-state index contributed by atoms with van der Waals surface area (Å²) in [7, 11) is 0. The van der Waals surface area contributed by atoms with E-state index in [-0.39, 0.29) is 29.9 Å². The van der Waals surface area contributed by atoms with Crippen molar-refractivity contribution in [1.29, 1.82) is 0 Å². The van der Waals surface area contributed by atoms with Gasteiger partial charge in [0.2, 0.25) is 0 Å². The van der Waals surface area contributed by atoms with Gasteiger partial charge in [0, 0.05) is 30.6 Å². The average molecular weight is 356 g/mol. The number of hydrogen-bond donors (Lipinski definition) is 2. The molecule has 0 aliphatic heterocycles. The van der Waals surface area contributed by atoms with E-state index in [0.29, 0.717) is 12.1 Å². The van der Waals surface area contributed by atoms with Crippen LogP contribution in [0.5, 0.6) is 0 Å². The molecule has 0 aliphatic carbocycles. The van der Waals surface area contributed by atoms with Gasteiger partial charge >= 0.3 is 6.18 Å². The highest BCUT2D eigenvalue weighted by molar-refractivity contribution is 6.32. The van der Waals surface area contributed by atoms with Gasteiger partial charge in [-0.3, -0.25) is 0 Å². The highest BCUT2D eigenvalue weighted by Crippen LogP contribution is 2.32. The van der Waals surface area contributed by atoms with E-state index in [2.05, 4.69) is 4.98 Å². The summed E-state index contributed by atoms with van der Waals surface area (Å²) in [5.41, 5.74) is 5.46. The molecule has 2 aromatic heterocycles. The minimum Gasteiger partial charge on any atom is -0.395 e. The van der Waals surface area contributed by atoms with Gasteiger partial charge < -0.3 is 15.4 Å². The average Bonchev–Trinajstić information content (AvgIpc) is 2.85. The first-order chi connectivity index (χ1) is 9.82. The Morgan fingerprint density at radius 1 is 1.41 bits per heavy atom. The van der Waals surface area contributed by atoms with Crippen molar-refractivity contribution in [3.05, 3.63) is 46.9 Å². The second kappa shape index (κ2) is 7.32. The molecular weight excluding hydrogens is 342 g/mol. The monoisotopic (exact) mass is 355 g/mol. The van der Waals surface area contributed by atoms with Gasteiger partial charge in [-0.2, -0.15) is 13.2 Å². The fourth-order valence-electron chi connectivity index (χ4n) is 1.89. The maximum atomic E-state index is 12.6. The molecule has 2 heterocycles. The zero-order valence-electron chi connectivity index (χ0n) is 11.2. The summed E-state index contributed by atoms with van der Waals surface area (Å²) in [5.74, 6) is 0.190. The van der Waals surface area contributed by atoms with E-state index in [9.17, 15) is 13.2 Å². The van der Waals surface area contributed by atoms with E-state index in [0.717, 1.165) is 12.3 Å². The molecule has 0 bridgehead atoms. The van der Waals surface area contributed by atoms with Crippen molar-refractivity contribution in [3.63, 3.8) is 0 Å². The van der Waals surface area contributed by atoms with Crippen molar-refractivity contribution in [2.24, 2.45) is 5.73 Å². The maximum absolute atomic E-state index is 12.6. The second-order valence-corrected chi connectivity index (χ2v) is 4.95. The van der Waals surface area contributed by atoms with Crippen LogP contribution in [0.1, 0.15) is 11.3 Å². The Kier molecular flexibility index (Phi) is 6.25. The summed E-state index contributed by atoms with van der Waals surface area (Å²) in [6, 6.07) is 3.81. The minimum atomic E-state index is -4.49. The lowest BCUT2D eigenvalue weighted by Gasteiger charge is -2.14. The van der Waals surface area contributed by atoms with Crippen LogP contribution < -0.4 is 5.73 Å². The van der Waals surface area contributed by atoms with Crippen LogP contribution in [-0.2, 0) is 12.6 Å². The molecule has 2 rings (SSSR count). The summed E-state index contributed by atoms with van der Waals surface area (Å²) >= 11 is 5.91. The Balaban J connectivity index is 0.00000242. The molecule has 9 heteroatoms. The first kappa shape index (κ1) is 18.8. The molecule has 0 saturated carbocycles. The molecule has 0 fully saturated rings. The number of aliphatic hydroxyl groups excluding tert-OH is 1. The maximum Gasteiger partial charge on any atom is 0.417 e. The topological polar surface area (TPSA) is 64.1 Å². The number of pyridine rings is 1. The molecule has 4 nitrogen and oxygen atoms in total. The van der Waals surface area contributed by atoms with Gasteiger partial charge in [-0.25, -0.2) is 4.98 Å². The summed E-state index contributed by atoms with van der Waals surface area (Å²) < 4.78 is 39.3. The van der Waals surface area contributed by atoms with Crippen LogP contribution in [0.15, 0.2) is 30.6 Å². The SMILES string of the molecule is Cl.NC(CO)Cc1cccn1-c1ncc(C(F)(F)F)cc1Cl. The zero-order valence-corrected chi connectivity index (χ0v) is 12.8. The van der Waals surface area contributed by atoms with E-state index in [1.165, 1.54) is 0 Å². The van der Waals surface area contributed by atoms with E-state index in [4.69, 9.17) is 22.4 Å². The number of hydrogen-bond acceptors (Lipinski definition) is 3. The smallest absolute Gasteiger partial charge is 0.395 e. The van der Waals surface area contributed by atoms with Crippen molar-refractivity contribution >= 4 is 24.0 Å².